The monoisotopic (exact) mass is 261 g/mol. The van der Waals surface area contributed by atoms with E-state index in [4.69, 9.17) is 4.74 Å². The van der Waals surface area contributed by atoms with Gasteiger partial charge >= 0.3 is 12.1 Å². The lowest BCUT2D eigenvalue weighted by atomic mass is 10.2. The van der Waals surface area contributed by atoms with Gasteiger partial charge in [-0.15, -0.1) is 0 Å². The van der Waals surface area contributed by atoms with Gasteiger partial charge in [-0.05, 0) is 12.1 Å². The van der Waals surface area contributed by atoms with Crippen LogP contribution >= 0.6 is 0 Å². The van der Waals surface area contributed by atoms with Gasteiger partial charge in [0.1, 0.15) is 12.9 Å². The molecule has 0 N–H and O–H groups in total. The van der Waals surface area contributed by atoms with Gasteiger partial charge in [0.25, 0.3) is 5.91 Å². The number of hydrogen-bond acceptors (Lipinski definition) is 5. The van der Waals surface area contributed by atoms with E-state index in [1.165, 1.54) is 0 Å². The topological polar surface area (TPSA) is 72.9 Å². The molecule has 0 spiro atoms. The molecule has 0 aromatic heterocycles. The molecule has 6 nitrogen and oxygen atoms in total. The molecule has 0 saturated carbocycles. The second kappa shape index (κ2) is 5.81. The number of amides is 2. The third-order valence-electron chi connectivity index (χ3n) is 2.42. The van der Waals surface area contributed by atoms with E-state index in [9.17, 15) is 14.4 Å². The number of carbonyl (C=O) groups is 3. The van der Waals surface area contributed by atoms with Crippen molar-refractivity contribution < 1.29 is 23.9 Å². The zero-order valence-corrected chi connectivity index (χ0v) is 9.94. The Hall–Kier alpha value is -2.63. The maximum absolute atomic E-state index is 11.5. The normalized spacial score (nSPS) is 14.5. The van der Waals surface area contributed by atoms with Crippen molar-refractivity contribution in [1.82, 2.24) is 4.90 Å². The fourth-order valence-corrected chi connectivity index (χ4v) is 1.48. The molecular formula is C13H11NO5. The predicted octanol–water partition coefficient (Wildman–Crippen LogP) is 1.34. The summed E-state index contributed by atoms with van der Waals surface area (Å²) in [7, 11) is 0. The van der Waals surface area contributed by atoms with Crippen LogP contribution < -0.4 is 0 Å². The largest absolute Gasteiger partial charge is 0.447 e. The number of benzene rings is 1. The fourth-order valence-electron chi connectivity index (χ4n) is 1.48. The Morgan fingerprint density at radius 3 is 2.63 bits per heavy atom. The molecule has 1 aromatic carbocycles. The fraction of sp³-hybridized carbons (Fsp3) is 0.154. The van der Waals surface area contributed by atoms with Gasteiger partial charge < -0.3 is 9.47 Å². The molecule has 0 atom stereocenters. The molecule has 1 aliphatic heterocycles. The Balaban J connectivity index is 1.88. The van der Waals surface area contributed by atoms with Crippen LogP contribution in [0.3, 0.4) is 0 Å². The summed E-state index contributed by atoms with van der Waals surface area (Å²) in [5.74, 6) is -1.16. The summed E-state index contributed by atoms with van der Waals surface area (Å²) in [5, 5.41) is 0. The molecule has 1 aromatic rings. The summed E-state index contributed by atoms with van der Waals surface area (Å²) in [4.78, 5) is 35.0. The van der Waals surface area contributed by atoms with Gasteiger partial charge in [-0.1, -0.05) is 18.2 Å². The van der Waals surface area contributed by atoms with E-state index in [1.54, 1.807) is 30.3 Å². The summed E-state index contributed by atoms with van der Waals surface area (Å²) < 4.78 is 9.38. The first-order valence-electron chi connectivity index (χ1n) is 5.59. The molecule has 6 heteroatoms. The van der Waals surface area contributed by atoms with Crippen LogP contribution in [0.4, 0.5) is 4.79 Å². The highest BCUT2D eigenvalue weighted by Crippen LogP contribution is 2.05. The molecule has 0 unspecified atom stereocenters. The molecule has 2 amide bonds. The summed E-state index contributed by atoms with van der Waals surface area (Å²) in [5.41, 5.74) is 0.375. The summed E-state index contributed by atoms with van der Waals surface area (Å²) in [6.45, 7) is 0.386. The summed E-state index contributed by atoms with van der Waals surface area (Å²) >= 11 is 0. The van der Waals surface area contributed by atoms with Gasteiger partial charge in [-0.2, -0.15) is 0 Å². The number of esters is 1. The Morgan fingerprint density at radius 1 is 1.26 bits per heavy atom. The number of cyclic esters (lactones) is 1. The van der Waals surface area contributed by atoms with Crippen LogP contribution in [0.1, 0.15) is 10.4 Å². The van der Waals surface area contributed by atoms with Crippen molar-refractivity contribution in [3.63, 3.8) is 0 Å². The molecular weight excluding hydrogens is 250 g/mol. The van der Waals surface area contributed by atoms with Crippen molar-refractivity contribution in [2.75, 3.05) is 13.2 Å². The van der Waals surface area contributed by atoms with E-state index in [-0.39, 0.29) is 13.2 Å². The predicted molar refractivity (Wildman–Crippen MR) is 64.1 cm³/mol. The van der Waals surface area contributed by atoms with E-state index in [0.717, 1.165) is 17.2 Å². The molecule has 1 heterocycles. The maximum Gasteiger partial charge on any atom is 0.416 e. The number of hydrogen-bond donors (Lipinski definition) is 0. The van der Waals surface area contributed by atoms with Crippen LogP contribution in [-0.4, -0.2) is 36.0 Å². The first kappa shape index (κ1) is 12.8. The van der Waals surface area contributed by atoms with Crippen LogP contribution in [0.25, 0.3) is 0 Å². The molecule has 0 bridgehead atoms. The van der Waals surface area contributed by atoms with Gasteiger partial charge in [0.15, 0.2) is 0 Å². The third kappa shape index (κ3) is 3.19. The quantitative estimate of drug-likeness (QED) is 0.466. The minimum atomic E-state index is -0.691. The molecule has 2 rings (SSSR count). The van der Waals surface area contributed by atoms with E-state index >= 15 is 0 Å². The first-order chi connectivity index (χ1) is 9.18. The molecule has 1 fully saturated rings. The minimum absolute atomic E-state index is 0.183. The average Bonchev–Trinajstić information content (AvgIpc) is 2.86. The van der Waals surface area contributed by atoms with E-state index in [1.807, 2.05) is 0 Å². The van der Waals surface area contributed by atoms with Crippen molar-refractivity contribution >= 4 is 18.0 Å². The van der Waals surface area contributed by atoms with Crippen LogP contribution in [-0.2, 0) is 14.3 Å². The number of carbonyl (C=O) groups excluding carboxylic acids is 3. The van der Waals surface area contributed by atoms with Gasteiger partial charge in [0.2, 0.25) is 0 Å². The van der Waals surface area contributed by atoms with Crippen molar-refractivity contribution in [3.05, 3.63) is 48.2 Å². The van der Waals surface area contributed by atoms with Gasteiger partial charge in [-0.25, -0.2) is 14.5 Å². The summed E-state index contributed by atoms with van der Waals surface area (Å²) in [6.07, 6.45) is 1.28. The van der Waals surface area contributed by atoms with Crippen LogP contribution in [0.5, 0.6) is 0 Å². The second-order valence-corrected chi connectivity index (χ2v) is 3.68. The Labute approximate surface area is 109 Å². The van der Waals surface area contributed by atoms with Crippen molar-refractivity contribution in [1.29, 1.82) is 0 Å². The van der Waals surface area contributed by atoms with Crippen LogP contribution in [0.15, 0.2) is 42.7 Å². The highest BCUT2D eigenvalue weighted by atomic mass is 16.6. The van der Waals surface area contributed by atoms with Crippen molar-refractivity contribution in [2.45, 2.75) is 0 Å². The van der Waals surface area contributed by atoms with Crippen LogP contribution in [0.2, 0.25) is 0 Å². The molecule has 1 saturated heterocycles. The second-order valence-electron chi connectivity index (χ2n) is 3.68. The van der Waals surface area contributed by atoms with Gasteiger partial charge in [-0.3, -0.25) is 4.79 Å². The maximum atomic E-state index is 11.5. The highest BCUT2D eigenvalue weighted by Gasteiger charge is 2.26. The molecule has 0 aliphatic carbocycles. The number of ether oxygens (including phenoxy) is 2. The zero-order chi connectivity index (χ0) is 13.7. The Kier molecular flexibility index (Phi) is 3.92. The molecule has 98 valence electrons. The lowest BCUT2D eigenvalue weighted by Gasteiger charge is -2.06. The Morgan fingerprint density at radius 2 is 2.00 bits per heavy atom. The molecule has 1 aliphatic rings. The lowest BCUT2D eigenvalue weighted by Crippen LogP contribution is -2.29. The Bertz CT molecular complexity index is 523. The number of imide groups is 1. The van der Waals surface area contributed by atoms with Gasteiger partial charge in [0, 0.05) is 6.08 Å². The highest BCUT2D eigenvalue weighted by molar-refractivity contribution is 5.99. The average molecular weight is 261 g/mol. The van der Waals surface area contributed by atoms with Crippen LogP contribution in [0, 0.1) is 0 Å². The number of rotatable bonds is 3. The minimum Gasteiger partial charge on any atom is -0.447 e. The zero-order valence-electron chi connectivity index (χ0n) is 9.94. The SMILES string of the molecule is O=C(O/C=C/C(=O)N1CCOC1=O)c1ccccc1. The van der Waals surface area contributed by atoms with Crippen molar-refractivity contribution in [3.8, 4) is 0 Å². The van der Waals surface area contributed by atoms with E-state index in [0.29, 0.717) is 5.56 Å². The third-order valence-corrected chi connectivity index (χ3v) is 2.42. The molecule has 19 heavy (non-hydrogen) atoms. The smallest absolute Gasteiger partial charge is 0.416 e. The summed E-state index contributed by atoms with van der Waals surface area (Å²) in [6, 6.07) is 8.36. The number of nitrogens with zero attached hydrogens (tertiary/aromatic N) is 1. The van der Waals surface area contributed by atoms with E-state index in [2.05, 4.69) is 4.74 Å². The first-order valence-corrected chi connectivity index (χ1v) is 5.59. The molecule has 0 radical (unpaired) electrons. The van der Waals surface area contributed by atoms with Gasteiger partial charge in [0.05, 0.1) is 12.1 Å². The standard InChI is InChI=1S/C13H11NO5/c15-11(14-7-9-19-13(14)17)6-8-18-12(16)10-4-2-1-3-5-10/h1-6,8H,7,9H2/b8-6+. The van der Waals surface area contributed by atoms with E-state index < -0.39 is 18.0 Å². The van der Waals surface area contributed by atoms with Crippen molar-refractivity contribution in [2.24, 2.45) is 0 Å². The lowest BCUT2D eigenvalue weighted by molar-refractivity contribution is -0.122.